The van der Waals surface area contributed by atoms with E-state index in [1.54, 1.807) is 6.20 Å². The maximum absolute atomic E-state index is 5.74. The van der Waals surface area contributed by atoms with Gasteiger partial charge >= 0.3 is 0 Å². The molecule has 0 saturated carbocycles. The molecule has 0 spiro atoms. The lowest BCUT2D eigenvalue weighted by atomic mass is 9.78. The zero-order valence-corrected chi connectivity index (χ0v) is 10.8. The molecule has 1 aliphatic heterocycles. The summed E-state index contributed by atoms with van der Waals surface area (Å²) in [6.07, 6.45) is 5.42. The van der Waals surface area contributed by atoms with Crippen LogP contribution in [0.2, 0.25) is 0 Å². The zero-order chi connectivity index (χ0) is 12.3. The van der Waals surface area contributed by atoms with Gasteiger partial charge in [0.2, 0.25) is 0 Å². The first kappa shape index (κ1) is 12.3. The molecular formula is C13H22N4. The lowest BCUT2D eigenvalue weighted by Crippen LogP contribution is -2.39. The second-order valence-corrected chi connectivity index (χ2v) is 5.24. The van der Waals surface area contributed by atoms with E-state index in [4.69, 9.17) is 5.73 Å². The van der Waals surface area contributed by atoms with E-state index >= 15 is 0 Å². The Hall–Kier alpha value is -1.16. The van der Waals surface area contributed by atoms with Gasteiger partial charge in [0.1, 0.15) is 0 Å². The number of hydrogen-bond donors (Lipinski definition) is 1. The Morgan fingerprint density at radius 2 is 2.12 bits per heavy atom. The van der Waals surface area contributed by atoms with Crippen LogP contribution in [0.4, 0.5) is 5.82 Å². The van der Waals surface area contributed by atoms with Crippen molar-refractivity contribution in [1.29, 1.82) is 0 Å². The number of piperidine rings is 1. The Morgan fingerprint density at radius 3 is 2.71 bits per heavy atom. The molecule has 1 aliphatic rings. The molecule has 1 aromatic heterocycles. The molecule has 0 unspecified atom stereocenters. The molecule has 94 valence electrons. The fourth-order valence-corrected chi connectivity index (χ4v) is 2.39. The second kappa shape index (κ2) is 5.00. The van der Waals surface area contributed by atoms with Crippen molar-refractivity contribution in [2.24, 2.45) is 11.1 Å². The first-order chi connectivity index (χ1) is 8.18. The van der Waals surface area contributed by atoms with Crippen LogP contribution < -0.4 is 10.6 Å². The highest BCUT2D eigenvalue weighted by Crippen LogP contribution is 2.35. The van der Waals surface area contributed by atoms with Gasteiger partial charge in [-0.2, -0.15) is 5.10 Å². The predicted molar refractivity (Wildman–Crippen MR) is 69.8 cm³/mol. The largest absolute Gasteiger partial charge is 0.355 e. The minimum absolute atomic E-state index is 0.502. The average Bonchev–Trinajstić information content (AvgIpc) is 2.40. The fraction of sp³-hybridized carbons (Fsp3) is 0.692. The molecule has 1 aromatic rings. The molecule has 4 nitrogen and oxygen atoms in total. The van der Waals surface area contributed by atoms with Crippen LogP contribution in [0.1, 0.15) is 38.7 Å². The summed E-state index contributed by atoms with van der Waals surface area (Å²) in [6.45, 7) is 7.33. The van der Waals surface area contributed by atoms with Crippen molar-refractivity contribution in [2.75, 3.05) is 18.0 Å². The molecule has 0 bridgehead atoms. The standard InChI is InChI=1S/C13H22N4/c1-3-13(2)5-8-17(9-6-13)12-11(10-14)4-7-15-16-12/h4,7H,3,5-6,8-10,14H2,1-2H3. The molecule has 2 heterocycles. The summed E-state index contributed by atoms with van der Waals surface area (Å²) in [6, 6.07) is 1.97. The van der Waals surface area contributed by atoms with Gasteiger partial charge in [-0.05, 0) is 24.3 Å². The van der Waals surface area contributed by atoms with Crippen LogP contribution in [-0.2, 0) is 6.54 Å². The van der Waals surface area contributed by atoms with Crippen molar-refractivity contribution in [3.63, 3.8) is 0 Å². The lowest BCUT2D eigenvalue weighted by Gasteiger charge is -2.39. The van der Waals surface area contributed by atoms with Gasteiger partial charge in [0.25, 0.3) is 0 Å². The number of nitrogens with zero attached hydrogens (tertiary/aromatic N) is 3. The van der Waals surface area contributed by atoms with E-state index in [2.05, 4.69) is 28.9 Å². The number of nitrogens with two attached hydrogens (primary N) is 1. The Balaban J connectivity index is 2.10. The van der Waals surface area contributed by atoms with Gasteiger partial charge in [0.05, 0.1) is 6.20 Å². The summed E-state index contributed by atoms with van der Waals surface area (Å²) in [5.74, 6) is 0.980. The predicted octanol–water partition coefficient (Wildman–Crippen LogP) is 1.95. The van der Waals surface area contributed by atoms with Crippen molar-refractivity contribution < 1.29 is 0 Å². The normalized spacial score (nSPS) is 19.4. The van der Waals surface area contributed by atoms with Crippen LogP contribution in [0.25, 0.3) is 0 Å². The molecule has 0 radical (unpaired) electrons. The first-order valence-corrected chi connectivity index (χ1v) is 6.44. The fourth-order valence-electron chi connectivity index (χ4n) is 2.39. The Morgan fingerprint density at radius 1 is 1.41 bits per heavy atom. The summed E-state index contributed by atoms with van der Waals surface area (Å²) >= 11 is 0. The molecule has 17 heavy (non-hydrogen) atoms. The number of hydrogen-bond acceptors (Lipinski definition) is 4. The summed E-state index contributed by atoms with van der Waals surface area (Å²) in [7, 11) is 0. The maximum Gasteiger partial charge on any atom is 0.155 e. The molecule has 1 saturated heterocycles. The van der Waals surface area contributed by atoms with Gasteiger partial charge in [0, 0.05) is 25.2 Å². The molecule has 1 fully saturated rings. The molecule has 2 rings (SSSR count). The van der Waals surface area contributed by atoms with Gasteiger partial charge in [-0.1, -0.05) is 20.3 Å². The van der Waals surface area contributed by atoms with Gasteiger partial charge in [0.15, 0.2) is 5.82 Å². The van der Waals surface area contributed by atoms with Crippen LogP contribution in [0.5, 0.6) is 0 Å². The van der Waals surface area contributed by atoms with Crippen LogP contribution in [-0.4, -0.2) is 23.3 Å². The highest BCUT2D eigenvalue weighted by Gasteiger charge is 2.29. The molecule has 0 atom stereocenters. The van der Waals surface area contributed by atoms with Gasteiger partial charge in [-0.15, -0.1) is 5.10 Å². The van der Waals surface area contributed by atoms with Crippen LogP contribution in [0, 0.1) is 5.41 Å². The highest BCUT2D eigenvalue weighted by atomic mass is 15.3. The third-order valence-electron chi connectivity index (χ3n) is 4.13. The van der Waals surface area contributed by atoms with E-state index < -0.39 is 0 Å². The Kier molecular flexibility index (Phi) is 3.62. The lowest BCUT2D eigenvalue weighted by molar-refractivity contribution is 0.237. The Bertz CT molecular complexity index is 369. The number of rotatable bonds is 3. The third-order valence-corrected chi connectivity index (χ3v) is 4.13. The average molecular weight is 234 g/mol. The number of anilines is 1. The van der Waals surface area contributed by atoms with E-state index in [0.717, 1.165) is 24.5 Å². The summed E-state index contributed by atoms with van der Waals surface area (Å²) in [5, 5.41) is 8.22. The number of aromatic nitrogens is 2. The van der Waals surface area contributed by atoms with Crippen LogP contribution in [0.3, 0.4) is 0 Å². The van der Waals surface area contributed by atoms with Crippen LogP contribution in [0.15, 0.2) is 12.3 Å². The summed E-state index contributed by atoms with van der Waals surface area (Å²) < 4.78 is 0. The molecule has 0 amide bonds. The van der Waals surface area contributed by atoms with E-state index in [1.807, 2.05) is 6.07 Å². The van der Waals surface area contributed by atoms with Crippen molar-refractivity contribution in [1.82, 2.24) is 10.2 Å². The van der Waals surface area contributed by atoms with Crippen LogP contribution >= 0.6 is 0 Å². The molecule has 4 heteroatoms. The molecule has 0 aromatic carbocycles. The van der Waals surface area contributed by atoms with E-state index in [9.17, 15) is 0 Å². The van der Waals surface area contributed by atoms with E-state index in [1.165, 1.54) is 19.3 Å². The van der Waals surface area contributed by atoms with Gasteiger partial charge in [-0.25, -0.2) is 0 Å². The maximum atomic E-state index is 5.74. The van der Waals surface area contributed by atoms with E-state index in [0.29, 0.717) is 12.0 Å². The topological polar surface area (TPSA) is 55.0 Å². The first-order valence-electron chi connectivity index (χ1n) is 6.44. The minimum Gasteiger partial charge on any atom is -0.355 e. The monoisotopic (exact) mass is 234 g/mol. The van der Waals surface area contributed by atoms with Gasteiger partial charge < -0.3 is 10.6 Å². The smallest absolute Gasteiger partial charge is 0.155 e. The molecular weight excluding hydrogens is 212 g/mol. The summed E-state index contributed by atoms with van der Waals surface area (Å²) in [5.41, 5.74) is 7.34. The second-order valence-electron chi connectivity index (χ2n) is 5.24. The molecule has 2 N–H and O–H groups in total. The van der Waals surface area contributed by atoms with E-state index in [-0.39, 0.29) is 0 Å². The minimum atomic E-state index is 0.502. The highest BCUT2D eigenvalue weighted by molar-refractivity contribution is 5.45. The SMILES string of the molecule is CCC1(C)CCN(c2nnccc2CN)CC1. The summed E-state index contributed by atoms with van der Waals surface area (Å²) in [4.78, 5) is 2.33. The molecule has 0 aliphatic carbocycles. The van der Waals surface area contributed by atoms with Crippen molar-refractivity contribution in [2.45, 2.75) is 39.7 Å². The van der Waals surface area contributed by atoms with Crippen molar-refractivity contribution in [3.05, 3.63) is 17.8 Å². The quantitative estimate of drug-likeness (QED) is 0.868. The van der Waals surface area contributed by atoms with Gasteiger partial charge in [-0.3, -0.25) is 0 Å². The van der Waals surface area contributed by atoms with Crippen molar-refractivity contribution in [3.8, 4) is 0 Å². The zero-order valence-electron chi connectivity index (χ0n) is 10.8. The third kappa shape index (κ3) is 2.57. The van der Waals surface area contributed by atoms with Crippen molar-refractivity contribution >= 4 is 5.82 Å². The Labute approximate surface area is 103 Å².